The average Bonchev–Trinajstić information content (AvgIpc) is 3.59. The Morgan fingerprint density at radius 1 is 0.489 bits per heavy atom. The van der Waals surface area contributed by atoms with Gasteiger partial charge in [-0.2, -0.15) is 0 Å². The van der Waals surface area contributed by atoms with Gasteiger partial charge in [0.2, 0.25) is 0 Å². The van der Waals surface area contributed by atoms with E-state index in [1.165, 1.54) is 5.39 Å². The lowest BCUT2D eigenvalue weighted by Crippen LogP contribution is -2.19. The van der Waals surface area contributed by atoms with Crippen molar-refractivity contribution < 1.29 is 4.42 Å². The number of rotatable bonds is 4. The molecule has 0 amide bonds. The van der Waals surface area contributed by atoms with Crippen molar-refractivity contribution in [2.75, 3.05) is 0 Å². The molecule has 6 aromatic carbocycles. The molecule has 0 aliphatic heterocycles. The third kappa shape index (κ3) is 4.45. The molecule has 0 aliphatic carbocycles. The van der Waals surface area contributed by atoms with Crippen LogP contribution in [0.4, 0.5) is 0 Å². The van der Waals surface area contributed by atoms with Gasteiger partial charge < -0.3 is 4.42 Å². The van der Waals surface area contributed by atoms with Crippen molar-refractivity contribution in [2.45, 2.75) is 0 Å². The third-order valence-electron chi connectivity index (χ3n) is 9.16. The highest BCUT2D eigenvalue weighted by atomic mass is 16.3. The van der Waals surface area contributed by atoms with Crippen molar-refractivity contribution in [1.82, 2.24) is 19.1 Å². The highest BCUT2D eigenvalue weighted by molar-refractivity contribution is 6.10. The van der Waals surface area contributed by atoms with Crippen molar-refractivity contribution in [3.63, 3.8) is 0 Å². The van der Waals surface area contributed by atoms with E-state index in [1.54, 1.807) is 16.2 Å². The Bertz CT molecular complexity index is 2730. The molecule has 0 aliphatic rings. The summed E-state index contributed by atoms with van der Waals surface area (Å²) in [6.45, 7) is 0. The maximum atomic E-state index is 12.5. The lowest BCUT2D eigenvalue weighted by Gasteiger charge is -2.11. The van der Waals surface area contributed by atoms with Crippen molar-refractivity contribution >= 4 is 43.7 Å². The first-order valence-corrected chi connectivity index (χ1v) is 15.6. The molecule has 0 saturated carbocycles. The minimum absolute atomic E-state index is 0.0397. The molecule has 0 N–H and O–H groups in total. The summed E-state index contributed by atoms with van der Waals surface area (Å²) >= 11 is 0. The number of hydrogen-bond acceptors (Lipinski definition) is 4. The summed E-state index contributed by atoms with van der Waals surface area (Å²) in [7, 11) is 3.61. The Hall–Kier alpha value is -6.27. The molecule has 0 unspecified atom stereocenters. The van der Waals surface area contributed by atoms with Crippen molar-refractivity contribution in [2.24, 2.45) is 14.1 Å². The van der Waals surface area contributed by atoms with Crippen LogP contribution in [0.3, 0.4) is 0 Å². The van der Waals surface area contributed by atoms with E-state index in [4.69, 9.17) is 14.4 Å². The van der Waals surface area contributed by atoms with E-state index >= 15 is 0 Å². The maximum Gasteiger partial charge on any atom is 0.328 e. The first-order chi connectivity index (χ1) is 23.0. The van der Waals surface area contributed by atoms with Gasteiger partial charge in [-0.1, -0.05) is 84.9 Å². The van der Waals surface area contributed by atoms with Gasteiger partial charge in [-0.3, -0.25) is 9.13 Å². The molecule has 0 spiro atoms. The van der Waals surface area contributed by atoms with E-state index in [2.05, 4.69) is 78.9 Å². The Labute approximate surface area is 269 Å². The fourth-order valence-electron chi connectivity index (χ4n) is 6.63. The molecule has 47 heavy (non-hydrogen) atoms. The van der Waals surface area contributed by atoms with E-state index in [-0.39, 0.29) is 5.69 Å². The quantitative estimate of drug-likeness (QED) is 0.200. The zero-order chi connectivity index (χ0) is 31.6. The lowest BCUT2D eigenvalue weighted by molar-refractivity contribution is 0.669. The second kappa shape index (κ2) is 10.4. The van der Waals surface area contributed by atoms with Gasteiger partial charge in [0.1, 0.15) is 11.2 Å². The minimum Gasteiger partial charge on any atom is -0.456 e. The van der Waals surface area contributed by atoms with Crippen molar-refractivity contribution in [1.29, 1.82) is 0 Å². The molecule has 0 fully saturated rings. The van der Waals surface area contributed by atoms with E-state index in [1.807, 2.05) is 61.6 Å². The topological polar surface area (TPSA) is 65.8 Å². The van der Waals surface area contributed by atoms with Crippen molar-refractivity contribution in [3.05, 3.63) is 144 Å². The maximum absolute atomic E-state index is 12.5. The van der Waals surface area contributed by atoms with Crippen LogP contribution in [-0.2, 0) is 14.1 Å². The predicted molar refractivity (Wildman–Crippen MR) is 190 cm³/mol. The Balaban J connectivity index is 1.18. The molecular weight excluding hydrogens is 580 g/mol. The summed E-state index contributed by atoms with van der Waals surface area (Å²) in [6, 6.07) is 45.6. The number of fused-ring (bicyclic) bond motifs is 5. The highest BCUT2D eigenvalue weighted by Gasteiger charge is 2.15. The second-order valence-electron chi connectivity index (χ2n) is 12.0. The van der Waals surface area contributed by atoms with Crippen LogP contribution in [0, 0.1) is 0 Å². The molecule has 6 heteroatoms. The summed E-state index contributed by atoms with van der Waals surface area (Å²) < 4.78 is 9.76. The van der Waals surface area contributed by atoms with Crippen LogP contribution >= 0.6 is 0 Å². The van der Waals surface area contributed by atoms with E-state index in [0.717, 1.165) is 77.6 Å². The number of furan rings is 1. The normalized spacial score (nSPS) is 11.7. The Morgan fingerprint density at radius 2 is 1.11 bits per heavy atom. The molecule has 0 radical (unpaired) electrons. The third-order valence-corrected chi connectivity index (χ3v) is 9.16. The summed E-state index contributed by atoms with van der Waals surface area (Å²) in [5.74, 6) is 0.653. The molecule has 3 aromatic heterocycles. The van der Waals surface area contributed by atoms with Gasteiger partial charge >= 0.3 is 5.69 Å². The fraction of sp³-hybridized carbons (Fsp3) is 0.0488. The fourth-order valence-corrected chi connectivity index (χ4v) is 6.63. The second-order valence-corrected chi connectivity index (χ2v) is 12.0. The van der Waals surface area contributed by atoms with Crippen LogP contribution in [-0.4, -0.2) is 19.1 Å². The molecule has 6 nitrogen and oxygen atoms in total. The number of imidazole rings is 1. The zero-order valence-corrected chi connectivity index (χ0v) is 25.8. The van der Waals surface area contributed by atoms with Crippen LogP contribution in [0.15, 0.2) is 143 Å². The van der Waals surface area contributed by atoms with Crippen LogP contribution in [0.5, 0.6) is 0 Å². The van der Waals surface area contributed by atoms with E-state index in [9.17, 15) is 4.79 Å². The molecule has 0 saturated heterocycles. The van der Waals surface area contributed by atoms with Crippen LogP contribution in [0.1, 0.15) is 0 Å². The number of nitrogens with zero attached hydrogens (tertiary/aromatic N) is 4. The molecule has 3 heterocycles. The number of hydrogen-bond donors (Lipinski definition) is 0. The standard InChI is InChI=1S/C41H28N4O2/c1-44-36-18-16-29(21-37(36)45(2)41(44)46)26-13-8-14-30(19-26)34-24-35(43-40(42-34)25-9-4-3-5-10-25)31-15-17-32-33-20-27-11-6-7-12-28(27)22-39(33)47-38(32)23-31/h3-24H,1-2H3. The minimum atomic E-state index is -0.0397. The van der Waals surface area contributed by atoms with Gasteiger partial charge in [0.25, 0.3) is 0 Å². The predicted octanol–water partition coefficient (Wildman–Crippen LogP) is 9.39. The zero-order valence-electron chi connectivity index (χ0n) is 25.8. The molecule has 0 bridgehead atoms. The van der Waals surface area contributed by atoms with Gasteiger partial charge in [-0.25, -0.2) is 14.8 Å². The van der Waals surface area contributed by atoms with Gasteiger partial charge in [0.05, 0.1) is 22.4 Å². The lowest BCUT2D eigenvalue weighted by atomic mass is 10.00. The summed E-state index contributed by atoms with van der Waals surface area (Å²) in [4.78, 5) is 22.7. The largest absolute Gasteiger partial charge is 0.456 e. The summed E-state index contributed by atoms with van der Waals surface area (Å²) in [6.07, 6.45) is 0. The van der Waals surface area contributed by atoms with E-state index < -0.39 is 0 Å². The smallest absolute Gasteiger partial charge is 0.328 e. The van der Waals surface area contributed by atoms with Gasteiger partial charge in [-0.15, -0.1) is 0 Å². The van der Waals surface area contributed by atoms with Crippen molar-refractivity contribution in [3.8, 4) is 45.0 Å². The Kier molecular flexibility index (Phi) is 5.99. The SMILES string of the molecule is Cn1c(=O)n(C)c2cc(-c3cccc(-c4cc(-c5ccc6c(c5)oc5cc7ccccc7cc56)nc(-c5ccccc5)n4)c3)ccc21. The molecule has 9 rings (SSSR count). The van der Waals surface area contributed by atoms with Crippen LogP contribution < -0.4 is 5.69 Å². The van der Waals surface area contributed by atoms with Gasteiger partial charge in [-0.05, 0) is 70.4 Å². The Morgan fingerprint density at radius 3 is 1.91 bits per heavy atom. The molecular formula is C41H28N4O2. The van der Waals surface area contributed by atoms with E-state index in [0.29, 0.717) is 5.82 Å². The van der Waals surface area contributed by atoms with Crippen LogP contribution in [0.25, 0.3) is 88.8 Å². The number of benzene rings is 6. The summed E-state index contributed by atoms with van der Waals surface area (Å²) in [5.41, 5.74) is 10.0. The highest BCUT2D eigenvalue weighted by Crippen LogP contribution is 2.36. The average molecular weight is 609 g/mol. The van der Waals surface area contributed by atoms with Gasteiger partial charge in [0.15, 0.2) is 5.82 Å². The molecule has 0 atom stereocenters. The molecule has 224 valence electrons. The van der Waals surface area contributed by atoms with Gasteiger partial charge in [0, 0.05) is 41.6 Å². The first-order valence-electron chi connectivity index (χ1n) is 15.6. The van der Waals surface area contributed by atoms with Crippen LogP contribution in [0.2, 0.25) is 0 Å². The summed E-state index contributed by atoms with van der Waals surface area (Å²) in [5, 5.41) is 4.52. The monoisotopic (exact) mass is 608 g/mol. The first kappa shape index (κ1) is 27.1. The number of aromatic nitrogens is 4. The molecule has 9 aromatic rings. The number of aryl methyl sites for hydroxylation is 2.